The minimum Gasteiger partial charge on any atom is -0.293 e. The maximum absolute atomic E-state index is 5.59. The van der Waals surface area contributed by atoms with Crippen molar-refractivity contribution in [2.24, 2.45) is 0 Å². The lowest BCUT2D eigenvalue weighted by Gasteiger charge is -2.23. The van der Waals surface area contributed by atoms with E-state index in [1.54, 1.807) is 0 Å². The smallest absolute Gasteiger partial charge is 0.236 e. The van der Waals surface area contributed by atoms with Crippen LogP contribution in [0.3, 0.4) is 0 Å². The maximum Gasteiger partial charge on any atom is 0.236 e. The van der Waals surface area contributed by atoms with Gasteiger partial charge in [-0.3, -0.25) is 9.13 Å². The van der Waals surface area contributed by atoms with E-state index in [2.05, 4.69) is 156 Å². The minimum atomic E-state index is -0.352. The average Bonchev–Trinajstić information content (AvgIpc) is 3.68. The summed E-state index contributed by atoms with van der Waals surface area (Å²) >= 11 is 0. The Bertz CT molecular complexity index is 2580. The molecule has 0 spiro atoms. The Morgan fingerprint density at radius 3 is 1.49 bits per heavy atom. The van der Waals surface area contributed by atoms with Crippen LogP contribution >= 0.6 is 0 Å². The van der Waals surface area contributed by atoms with E-state index < -0.39 is 0 Å². The molecular weight excluding hydrogens is 548 g/mol. The zero-order chi connectivity index (χ0) is 29.9. The molecule has 212 valence electrons. The summed E-state index contributed by atoms with van der Waals surface area (Å²) in [5.74, 6) is 1.60. The number of aromatic nitrogens is 4. The van der Waals surface area contributed by atoms with Gasteiger partial charge in [-0.15, -0.1) is 0 Å². The largest absolute Gasteiger partial charge is 0.293 e. The molecule has 0 N–H and O–H groups in total. The van der Waals surface area contributed by atoms with Gasteiger partial charge >= 0.3 is 0 Å². The molecule has 6 aromatic carbocycles. The minimum absolute atomic E-state index is 0.352. The molecule has 45 heavy (non-hydrogen) atoms. The molecule has 0 radical (unpaired) electrons. The van der Waals surface area contributed by atoms with Crippen LogP contribution in [0.5, 0.6) is 0 Å². The summed E-state index contributed by atoms with van der Waals surface area (Å²) < 4.78 is 4.61. The average molecular weight is 577 g/mol. The van der Waals surface area contributed by atoms with E-state index in [1.165, 1.54) is 43.4 Å². The van der Waals surface area contributed by atoms with E-state index in [1.807, 2.05) is 0 Å². The van der Waals surface area contributed by atoms with Gasteiger partial charge in [0, 0.05) is 32.5 Å². The van der Waals surface area contributed by atoms with Gasteiger partial charge in [-0.1, -0.05) is 123 Å². The Kier molecular flexibility index (Phi) is 4.76. The van der Waals surface area contributed by atoms with Gasteiger partial charge in [0.05, 0.1) is 27.8 Å². The summed E-state index contributed by atoms with van der Waals surface area (Å²) in [6, 6.07) is 47.8. The number of para-hydroxylation sites is 4. The lowest BCUT2D eigenvalue weighted by Crippen LogP contribution is -2.19. The van der Waals surface area contributed by atoms with Gasteiger partial charge in [0.15, 0.2) is 5.82 Å². The molecule has 0 atom stereocenters. The van der Waals surface area contributed by atoms with Crippen molar-refractivity contribution in [3.8, 4) is 22.9 Å². The topological polar surface area (TPSA) is 35.6 Å². The van der Waals surface area contributed by atoms with Crippen LogP contribution in [0, 0.1) is 0 Å². The lowest BCUT2D eigenvalue weighted by atomic mass is 9.82. The summed E-state index contributed by atoms with van der Waals surface area (Å²) in [5.41, 5.74) is 8.81. The highest BCUT2D eigenvalue weighted by Gasteiger charge is 2.42. The fraction of sp³-hybridized carbons (Fsp3) is 0.0732. The Hall–Kier alpha value is -5.74. The molecule has 0 aliphatic heterocycles. The highest BCUT2D eigenvalue weighted by atomic mass is 15.2. The van der Waals surface area contributed by atoms with Crippen LogP contribution in [0.1, 0.15) is 25.1 Å². The third-order valence-electron chi connectivity index (χ3n) is 9.87. The molecule has 0 amide bonds. The number of fused-ring (bicyclic) bond motifs is 11. The van der Waals surface area contributed by atoms with Gasteiger partial charge in [0.2, 0.25) is 5.95 Å². The van der Waals surface area contributed by atoms with Crippen molar-refractivity contribution in [1.29, 1.82) is 0 Å². The normalized spacial score (nSPS) is 13.7. The third kappa shape index (κ3) is 3.16. The summed E-state index contributed by atoms with van der Waals surface area (Å²) in [4.78, 5) is 11.1. The molecule has 4 nitrogen and oxygen atoms in total. The van der Waals surface area contributed by atoms with Gasteiger partial charge < -0.3 is 0 Å². The van der Waals surface area contributed by atoms with Gasteiger partial charge in [-0.2, -0.15) is 4.98 Å². The number of hydrogen-bond donors (Lipinski definition) is 0. The molecule has 0 unspecified atom stereocenters. The monoisotopic (exact) mass is 576 g/mol. The predicted molar refractivity (Wildman–Crippen MR) is 186 cm³/mol. The van der Waals surface area contributed by atoms with E-state index in [0.29, 0.717) is 5.95 Å². The molecular formula is C41H28N4. The molecule has 1 aliphatic rings. The Balaban J connectivity index is 1.41. The molecule has 0 saturated carbocycles. The van der Waals surface area contributed by atoms with Crippen LogP contribution in [0.15, 0.2) is 133 Å². The van der Waals surface area contributed by atoms with Gasteiger partial charge in [0.1, 0.15) is 0 Å². The lowest BCUT2D eigenvalue weighted by molar-refractivity contribution is 0.636. The quantitative estimate of drug-likeness (QED) is 0.205. The SMILES string of the molecule is CC1(C)c2nc(-n3c4ccccc4c4ccccc43)nc(-n3c4ccccc4c4ccccc43)c2-c2ccc3ccccc3c21. The van der Waals surface area contributed by atoms with Gasteiger partial charge in [0.25, 0.3) is 0 Å². The fourth-order valence-corrected chi connectivity index (χ4v) is 7.96. The first-order valence-electron chi connectivity index (χ1n) is 15.5. The molecule has 0 fully saturated rings. The van der Waals surface area contributed by atoms with Crippen molar-refractivity contribution in [3.63, 3.8) is 0 Å². The summed E-state index contributed by atoms with van der Waals surface area (Å²) in [6.07, 6.45) is 0. The summed E-state index contributed by atoms with van der Waals surface area (Å²) in [7, 11) is 0. The van der Waals surface area contributed by atoms with Crippen molar-refractivity contribution in [2.45, 2.75) is 19.3 Å². The molecule has 10 rings (SSSR count). The van der Waals surface area contributed by atoms with E-state index >= 15 is 0 Å². The van der Waals surface area contributed by atoms with Crippen molar-refractivity contribution in [3.05, 3.63) is 145 Å². The van der Waals surface area contributed by atoms with Crippen LogP contribution in [-0.2, 0) is 5.41 Å². The van der Waals surface area contributed by atoms with E-state index in [0.717, 1.165) is 39.1 Å². The number of benzene rings is 6. The Morgan fingerprint density at radius 1 is 0.467 bits per heavy atom. The zero-order valence-corrected chi connectivity index (χ0v) is 25.0. The number of hydrogen-bond acceptors (Lipinski definition) is 2. The number of nitrogens with zero attached hydrogens (tertiary/aromatic N) is 4. The first-order valence-corrected chi connectivity index (χ1v) is 15.5. The van der Waals surface area contributed by atoms with E-state index in [9.17, 15) is 0 Å². The van der Waals surface area contributed by atoms with Gasteiger partial charge in [-0.25, -0.2) is 4.98 Å². The summed E-state index contributed by atoms with van der Waals surface area (Å²) in [5, 5.41) is 7.34. The van der Waals surface area contributed by atoms with Crippen molar-refractivity contribution in [1.82, 2.24) is 19.1 Å². The molecule has 1 aliphatic carbocycles. The third-order valence-corrected chi connectivity index (χ3v) is 9.87. The summed E-state index contributed by atoms with van der Waals surface area (Å²) in [6.45, 7) is 4.64. The maximum atomic E-state index is 5.59. The second-order valence-corrected chi connectivity index (χ2v) is 12.6. The standard InChI is InChI=1S/C41H28N4/c1-41(2)37-26-14-4-3-13-25(26)23-24-31(37)36-38(41)42-40(45-34-21-11-7-17-29(34)30-18-8-12-22-35(30)45)43-39(36)44-32-19-9-5-15-27(32)28-16-6-10-20-33(28)44/h3-24H,1-2H3. The highest BCUT2D eigenvalue weighted by Crippen LogP contribution is 2.53. The fourth-order valence-electron chi connectivity index (χ4n) is 7.96. The molecule has 9 aromatic rings. The van der Waals surface area contributed by atoms with Crippen molar-refractivity contribution < 1.29 is 0 Å². The van der Waals surface area contributed by atoms with Crippen LogP contribution in [0.2, 0.25) is 0 Å². The van der Waals surface area contributed by atoms with Crippen molar-refractivity contribution in [2.75, 3.05) is 0 Å². The predicted octanol–water partition coefficient (Wildman–Crippen LogP) is 10.1. The number of rotatable bonds is 2. The van der Waals surface area contributed by atoms with Crippen LogP contribution in [0.4, 0.5) is 0 Å². The highest BCUT2D eigenvalue weighted by molar-refractivity contribution is 6.11. The molecule has 4 heteroatoms. The van der Waals surface area contributed by atoms with Crippen LogP contribution in [-0.4, -0.2) is 19.1 Å². The molecule has 3 heterocycles. The molecule has 0 bridgehead atoms. The first kappa shape index (κ1) is 24.7. The Morgan fingerprint density at radius 2 is 0.933 bits per heavy atom. The van der Waals surface area contributed by atoms with Crippen LogP contribution < -0.4 is 0 Å². The first-order chi connectivity index (χ1) is 22.1. The molecule has 0 saturated heterocycles. The van der Waals surface area contributed by atoms with Crippen molar-refractivity contribution >= 4 is 54.4 Å². The van der Waals surface area contributed by atoms with E-state index in [4.69, 9.17) is 9.97 Å². The van der Waals surface area contributed by atoms with Crippen LogP contribution in [0.25, 0.3) is 77.3 Å². The van der Waals surface area contributed by atoms with Gasteiger partial charge in [-0.05, 0) is 46.2 Å². The van der Waals surface area contributed by atoms with E-state index in [-0.39, 0.29) is 5.41 Å². The molecule has 3 aromatic heterocycles. The second kappa shape index (κ2) is 8.67. The Labute approximate surface area is 259 Å². The zero-order valence-electron chi connectivity index (χ0n) is 25.0. The second-order valence-electron chi connectivity index (χ2n) is 12.6.